The van der Waals surface area contributed by atoms with Gasteiger partial charge in [-0.3, -0.25) is 9.78 Å². The van der Waals surface area contributed by atoms with Crippen LogP contribution in [0, 0.1) is 5.92 Å². The lowest BCUT2D eigenvalue weighted by atomic mass is 10.0. The Morgan fingerprint density at radius 2 is 2.07 bits per heavy atom. The van der Waals surface area contributed by atoms with Gasteiger partial charge >= 0.3 is 0 Å². The zero-order valence-corrected chi connectivity index (χ0v) is 9.11. The van der Waals surface area contributed by atoms with Crippen LogP contribution in [-0.4, -0.2) is 24.9 Å². The number of rotatable bonds is 3. The number of ketones is 1. The first-order chi connectivity index (χ1) is 6.54. The highest BCUT2D eigenvalue weighted by atomic mass is 16.1. The van der Waals surface area contributed by atoms with Crippen LogP contribution in [0.3, 0.4) is 0 Å². The van der Waals surface area contributed by atoms with Gasteiger partial charge in [0.25, 0.3) is 0 Å². The molecule has 76 valence electrons. The highest BCUT2D eigenvalue weighted by molar-refractivity contribution is 6.02. The van der Waals surface area contributed by atoms with Crippen molar-refractivity contribution in [1.82, 2.24) is 4.98 Å². The molecule has 0 saturated heterocycles. The van der Waals surface area contributed by atoms with E-state index in [1.54, 1.807) is 12.4 Å². The summed E-state index contributed by atoms with van der Waals surface area (Å²) in [6.07, 6.45) is 3.34. The Morgan fingerprint density at radius 3 is 2.57 bits per heavy atom. The van der Waals surface area contributed by atoms with Crippen molar-refractivity contribution in [3.8, 4) is 0 Å². The van der Waals surface area contributed by atoms with Crippen LogP contribution in [-0.2, 0) is 0 Å². The molecule has 3 nitrogen and oxygen atoms in total. The second-order valence-corrected chi connectivity index (χ2v) is 3.81. The van der Waals surface area contributed by atoms with E-state index in [9.17, 15) is 4.79 Å². The highest BCUT2D eigenvalue weighted by Crippen LogP contribution is 2.19. The van der Waals surface area contributed by atoms with E-state index in [2.05, 4.69) is 4.98 Å². The van der Waals surface area contributed by atoms with Crippen LogP contribution in [0.5, 0.6) is 0 Å². The van der Waals surface area contributed by atoms with Crippen LogP contribution < -0.4 is 4.90 Å². The first kappa shape index (κ1) is 10.7. The average Bonchev–Trinajstić information content (AvgIpc) is 2.16. The topological polar surface area (TPSA) is 33.2 Å². The molecule has 3 heteroatoms. The van der Waals surface area contributed by atoms with Gasteiger partial charge in [0.2, 0.25) is 0 Å². The molecular formula is C11H16N2O. The van der Waals surface area contributed by atoms with E-state index in [-0.39, 0.29) is 11.7 Å². The van der Waals surface area contributed by atoms with Gasteiger partial charge in [0.1, 0.15) is 0 Å². The SMILES string of the molecule is CC(C)C(=O)c1cnccc1N(C)C. The van der Waals surface area contributed by atoms with E-state index in [0.717, 1.165) is 5.69 Å². The molecule has 0 aromatic carbocycles. The maximum atomic E-state index is 11.8. The third kappa shape index (κ3) is 2.10. The van der Waals surface area contributed by atoms with Crippen molar-refractivity contribution in [2.24, 2.45) is 5.92 Å². The predicted octanol–water partition coefficient (Wildman–Crippen LogP) is 1.99. The van der Waals surface area contributed by atoms with Crippen molar-refractivity contribution in [1.29, 1.82) is 0 Å². The molecular weight excluding hydrogens is 176 g/mol. The summed E-state index contributed by atoms with van der Waals surface area (Å²) in [5, 5.41) is 0. The van der Waals surface area contributed by atoms with Gasteiger partial charge in [-0.15, -0.1) is 0 Å². The standard InChI is InChI=1S/C11H16N2O/c1-8(2)11(14)9-7-12-6-5-10(9)13(3)4/h5-8H,1-4H3. The summed E-state index contributed by atoms with van der Waals surface area (Å²) in [6.45, 7) is 3.80. The minimum Gasteiger partial charge on any atom is -0.377 e. The highest BCUT2D eigenvalue weighted by Gasteiger charge is 2.15. The first-order valence-electron chi connectivity index (χ1n) is 4.69. The molecule has 0 unspecified atom stereocenters. The summed E-state index contributed by atoms with van der Waals surface area (Å²) in [5.41, 5.74) is 1.63. The van der Waals surface area contributed by atoms with Crippen molar-refractivity contribution < 1.29 is 4.79 Å². The van der Waals surface area contributed by atoms with Gasteiger partial charge in [0, 0.05) is 32.4 Å². The van der Waals surface area contributed by atoms with Crippen molar-refractivity contribution in [2.75, 3.05) is 19.0 Å². The Kier molecular flexibility index (Phi) is 3.23. The van der Waals surface area contributed by atoms with E-state index in [1.807, 2.05) is 38.9 Å². The van der Waals surface area contributed by atoms with Crippen molar-refractivity contribution in [3.63, 3.8) is 0 Å². The summed E-state index contributed by atoms with van der Waals surface area (Å²) in [7, 11) is 3.85. The number of anilines is 1. The maximum Gasteiger partial charge on any atom is 0.169 e. The lowest BCUT2D eigenvalue weighted by Gasteiger charge is -2.16. The molecule has 0 bridgehead atoms. The number of Topliss-reactive ketones (excluding diaryl/α,β-unsaturated/α-hetero) is 1. The number of hydrogen-bond donors (Lipinski definition) is 0. The number of carbonyl (C=O) groups is 1. The molecule has 0 N–H and O–H groups in total. The van der Waals surface area contributed by atoms with Crippen LogP contribution >= 0.6 is 0 Å². The van der Waals surface area contributed by atoms with E-state index in [0.29, 0.717) is 5.56 Å². The number of carbonyl (C=O) groups excluding carboxylic acids is 1. The summed E-state index contributed by atoms with van der Waals surface area (Å²) in [4.78, 5) is 17.7. The van der Waals surface area contributed by atoms with Gasteiger partial charge in [0.05, 0.1) is 11.3 Å². The van der Waals surface area contributed by atoms with E-state index >= 15 is 0 Å². The van der Waals surface area contributed by atoms with Crippen molar-refractivity contribution in [3.05, 3.63) is 24.0 Å². The van der Waals surface area contributed by atoms with E-state index in [4.69, 9.17) is 0 Å². The normalized spacial score (nSPS) is 10.4. The molecule has 0 amide bonds. The fourth-order valence-corrected chi connectivity index (χ4v) is 1.28. The molecule has 0 atom stereocenters. The van der Waals surface area contributed by atoms with Gasteiger partial charge in [0.15, 0.2) is 5.78 Å². The zero-order chi connectivity index (χ0) is 10.7. The largest absolute Gasteiger partial charge is 0.377 e. The van der Waals surface area contributed by atoms with Crippen LogP contribution in [0.15, 0.2) is 18.5 Å². The van der Waals surface area contributed by atoms with Crippen LogP contribution in [0.25, 0.3) is 0 Å². The lowest BCUT2D eigenvalue weighted by Crippen LogP contribution is -2.16. The summed E-state index contributed by atoms with van der Waals surface area (Å²) in [5.74, 6) is 0.153. The molecule has 0 radical (unpaired) electrons. The molecule has 0 saturated carbocycles. The van der Waals surface area contributed by atoms with Crippen LogP contribution in [0.1, 0.15) is 24.2 Å². The number of aromatic nitrogens is 1. The van der Waals surface area contributed by atoms with E-state index < -0.39 is 0 Å². The molecule has 0 fully saturated rings. The third-order valence-corrected chi connectivity index (χ3v) is 2.07. The van der Waals surface area contributed by atoms with Gasteiger partial charge in [-0.05, 0) is 6.07 Å². The fourth-order valence-electron chi connectivity index (χ4n) is 1.28. The number of pyridine rings is 1. The Morgan fingerprint density at radius 1 is 1.43 bits per heavy atom. The zero-order valence-electron chi connectivity index (χ0n) is 9.11. The Bertz CT molecular complexity index is 332. The van der Waals surface area contributed by atoms with Gasteiger partial charge in [-0.1, -0.05) is 13.8 Å². The number of nitrogens with zero attached hydrogens (tertiary/aromatic N) is 2. The molecule has 0 spiro atoms. The Hall–Kier alpha value is -1.38. The average molecular weight is 192 g/mol. The van der Waals surface area contributed by atoms with Crippen LogP contribution in [0.2, 0.25) is 0 Å². The summed E-state index contributed by atoms with van der Waals surface area (Å²) >= 11 is 0. The van der Waals surface area contributed by atoms with Gasteiger partial charge in [-0.2, -0.15) is 0 Å². The van der Waals surface area contributed by atoms with Crippen molar-refractivity contribution in [2.45, 2.75) is 13.8 Å². The summed E-state index contributed by atoms with van der Waals surface area (Å²) in [6, 6.07) is 1.86. The molecule has 1 aromatic heterocycles. The molecule has 14 heavy (non-hydrogen) atoms. The second kappa shape index (κ2) is 4.22. The number of hydrogen-bond acceptors (Lipinski definition) is 3. The van der Waals surface area contributed by atoms with Gasteiger partial charge in [-0.25, -0.2) is 0 Å². The van der Waals surface area contributed by atoms with Crippen molar-refractivity contribution >= 4 is 11.5 Å². The summed E-state index contributed by atoms with van der Waals surface area (Å²) < 4.78 is 0. The Labute approximate surface area is 84.8 Å². The molecule has 1 rings (SSSR count). The maximum absolute atomic E-state index is 11.8. The minimum atomic E-state index is 0.0119. The lowest BCUT2D eigenvalue weighted by molar-refractivity contribution is 0.0939. The predicted molar refractivity (Wildman–Crippen MR) is 57.7 cm³/mol. The quantitative estimate of drug-likeness (QED) is 0.687. The monoisotopic (exact) mass is 192 g/mol. The first-order valence-corrected chi connectivity index (χ1v) is 4.69. The molecule has 1 aromatic rings. The van der Waals surface area contributed by atoms with E-state index in [1.165, 1.54) is 0 Å². The minimum absolute atomic E-state index is 0.0119. The molecule has 0 aliphatic rings. The fraction of sp³-hybridized carbons (Fsp3) is 0.455. The molecule has 1 heterocycles. The second-order valence-electron chi connectivity index (χ2n) is 3.81. The third-order valence-electron chi connectivity index (χ3n) is 2.07. The van der Waals surface area contributed by atoms with Gasteiger partial charge < -0.3 is 4.90 Å². The molecule has 0 aliphatic heterocycles. The Balaban J connectivity index is 3.13. The van der Waals surface area contributed by atoms with Crippen LogP contribution in [0.4, 0.5) is 5.69 Å². The molecule has 0 aliphatic carbocycles. The smallest absolute Gasteiger partial charge is 0.169 e.